The first-order valence-corrected chi connectivity index (χ1v) is 9.42. The van der Waals surface area contributed by atoms with Gasteiger partial charge in [0, 0.05) is 35.3 Å². The summed E-state index contributed by atoms with van der Waals surface area (Å²) in [4.78, 5) is 19.9. The molecule has 1 amide bonds. The number of amides is 1. The van der Waals surface area contributed by atoms with Gasteiger partial charge in [-0.1, -0.05) is 31.0 Å². The van der Waals surface area contributed by atoms with Crippen molar-refractivity contribution < 1.29 is 4.79 Å². The van der Waals surface area contributed by atoms with E-state index in [2.05, 4.69) is 22.1 Å². The minimum absolute atomic E-state index is 0.0723. The van der Waals surface area contributed by atoms with Crippen molar-refractivity contribution in [2.75, 3.05) is 13.1 Å². The molecule has 0 saturated carbocycles. The fourth-order valence-corrected chi connectivity index (χ4v) is 3.92. The molecule has 3 aromatic rings. The van der Waals surface area contributed by atoms with E-state index in [1.807, 2.05) is 23.1 Å². The number of fused-ring (bicyclic) bond motifs is 1. The number of hydrogen-bond acceptors (Lipinski definition) is 3. The summed E-state index contributed by atoms with van der Waals surface area (Å²) in [6, 6.07) is 7.37. The van der Waals surface area contributed by atoms with Crippen LogP contribution in [-0.2, 0) is 0 Å². The molecular weight excluding hydrogens is 348 g/mol. The van der Waals surface area contributed by atoms with Crippen LogP contribution >= 0.6 is 11.6 Å². The number of rotatable bonds is 4. The highest BCUT2D eigenvalue weighted by Gasteiger charge is 2.28. The lowest BCUT2D eigenvalue weighted by Gasteiger charge is -2.18. The highest BCUT2D eigenvalue weighted by Crippen LogP contribution is 2.29. The zero-order valence-electron chi connectivity index (χ0n) is 14.7. The largest absolute Gasteiger partial charge is 0.338 e. The first kappa shape index (κ1) is 17.0. The zero-order valence-corrected chi connectivity index (χ0v) is 15.5. The second kappa shape index (κ2) is 7.08. The fourth-order valence-electron chi connectivity index (χ4n) is 3.75. The number of pyridine rings is 1. The third-order valence-corrected chi connectivity index (χ3v) is 5.30. The maximum absolute atomic E-state index is 13.3. The second-order valence-corrected chi connectivity index (χ2v) is 7.33. The molecule has 1 fully saturated rings. The number of likely N-dealkylation sites (tertiary alicyclic amines) is 1. The van der Waals surface area contributed by atoms with Crippen LogP contribution in [0.25, 0.3) is 22.2 Å². The van der Waals surface area contributed by atoms with Crippen LogP contribution in [0.2, 0.25) is 5.02 Å². The van der Waals surface area contributed by atoms with Gasteiger partial charge in [0.25, 0.3) is 5.91 Å². The Morgan fingerprint density at radius 3 is 3.04 bits per heavy atom. The van der Waals surface area contributed by atoms with Crippen molar-refractivity contribution in [1.29, 1.82) is 0 Å². The van der Waals surface area contributed by atoms with E-state index in [-0.39, 0.29) is 5.91 Å². The Morgan fingerprint density at radius 1 is 1.38 bits per heavy atom. The molecule has 0 bridgehead atoms. The van der Waals surface area contributed by atoms with Gasteiger partial charge in [-0.3, -0.25) is 9.89 Å². The van der Waals surface area contributed by atoms with Crippen molar-refractivity contribution in [3.63, 3.8) is 0 Å². The van der Waals surface area contributed by atoms with Crippen LogP contribution in [0.3, 0.4) is 0 Å². The number of benzene rings is 1. The average molecular weight is 369 g/mol. The van der Waals surface area contributed by atoms with Crippen LogP contribution in [-0.4, -0.2) is 39.1 Å². The van der Waals surface area contributed by atoms with Crippen LogP contribution in [0.1, 0.15) is 36.5 Å². The molecule has 4 rings (SSSR count). The van der Waals surface area contributed by atoms with Crippen molar-refractivity contribution >= 4 is 28.4 Å². The van der Waals surface area contributed by atoms with E-state index in [1.165, 1.54) is 6.42 Å². The summed E-state index contributed by atoms with van der Waals surface area (Å²) in [7, 11) is 0. The third kappa shape index (κ3) is 3.19. The predicted molar refractivity (Wildman–Crippen MR) is 103 cm³/mol. The smallest absolute Gasteiger partial charge is 0.254 e. The van der Waals surface area contributed by atoms with E-state index in [0.717, 1.165) is 48.1 Å². The standard InChI is InChI=1S/C20H21ClN4O/c1-2-3-13-6-7-25(12-13)20(26)17-9-18(14-10-22-23-11-14)24-19-8-15(21)4-5-16(17)19/h4-5,8-11,13H,2-3,6-7,12H2,1H3,(H,22,23)/t13-/m0/s1. The molecule has 3 heterocycles. The van der Waals surface area contributed by atoms with E-state index in [4.69, 9.17) is 11.6 Å². The van der Waals surface area contributed by atoms with Crippen LogP contribution in [0.15, 0.2) is 36.7 Å². The number of carbonyl (C=O) groups is 1. The van der Waals surface area contributed by atoms with Crippen molar-refractivity contribution in [2.45, 2.75) is 26.2 Å². The van der Waals surface area contributed by atoms with Crippen LogP contribution in [0.4, 0.5) is 0 Å². The zero-order chi connectivity index (χ0) is 18.1. The lowest BCUT2D eigenvalue weighted by Crippen LogP contribution is -2.29. The van der Waals surface area contributed by atoms with Crippen molar-refractivity contribution in [3.05, 3.63) is 47.2 Å². The fraction of sp³-hybridized carbons (Fsp3) is 0.350. The van der Waals surface area contributed by atoms with Crippen molar-refractivity contribution in [1.82, 2.24) is 20.1 Å². The number of halogens is 1. The van der Waals surface area contributed by atoms with Gasteiger partial charge in [-0.2, -0.15) is 5.10 Å². The number of aromatic nitrogens is 3. The molecule has 0 radical (unpaired) electrons. The summed E-state index contributed by atoms with van der Waals surface area (Å²) < 4.78 is 0. The molecule has 1 atom stereocenters. The summed E-state index contributed by atoms with van der Waals surface area (Å²) in [5.41, 5.74) is 2.98. The molecule has 1 saturated heterocycles. The number of nitrogens with zero attached hydrogens (tertiary/aromatic N) is 3. The van der Waals surface area contributed by atoms with E-state index in [0.29, 0.717) is 16.5 Å². The van der Waals surface area contributed by atoms with Crippen LogP contribution < -0.4 is 0 Å². The Bertz CT molecular complexity index is 938. The van der Waals surface area contributed by atoms with Gasteiger partial charge in [-0.15, -0.1) is 0 Å². The highest BCUT2D eigenvalue weighted by molar-refractivity contribution is 6.31. The van der Waals surface area contributed by atoms with E-state index in [9.17, 15) is 4.79 Å². The van der Waals surface area contributed by atoms with Crippen molar-refractivity contribution in [2.24, 2.45) is 5.92 Å². The number of aromatic amines is 1. The summed E-state index contributed by atoms with van der Waals surface area (Å²) >= 11 is 6.15. The van der Waals surface area contributed by atoms with E-state index >= 15 is 0 Å². The first-order valence-electron chi connectivity index (χ1n) is 9.04. The number of carbonyl (C=O) groups excluding carboxylic acids is 1. The molecule has 2 aromatic heterocycles. The monoisotopic (exact) mass is 368 g/mol. The first-order chi connectivity index (χ1) is 12.7. The minimum Gasteiger partial charge on any atom is -0.338 e. The molecular formula is C20H21ClN4O. The lowest BCUT2D eigenvalue weighted by molar-refractivity contribution is 0.0788. The second-order valence-electron chi connectivity index (χ2n) is 6.90. The Hall–Kier alpha value is -2.40. The summed E-state index contributed by atoms with van der Waals surface area (Å²) in [6.07, 6.45) is 6.91. The Labute approximate surface area is 157 Å². The number of nitrogens with one attached hydrogen (secondary N) is 1. The lowest BCUT2D eigenvalue weighted by atomic mass is 10.0. The van der Waals surface area contributed by atoms with Gasteiger partial charge in [0.1, 0.15) is 0 Å². The highest BCUT2D eigenvalue weighted by atomic mass is 35.5. The molecule has 6 heteroatoms. The molecule has 0 spiro atoms. The normalized spacial score (nSPS) is 17.2. The molecule has 0 aliphatic carbocycles. The number of H-pyrrole nitrogens is 1. The van der Waals surface area contributed by atoms with E-state index in [1.54, 1.807) is 18.5 Å². The molecule has 1 aliphatic heterocycles. The molecule has 1 N–H and O–H groups in total. The Morgan fingerprint density at radius 2 is 2.27 bits per heavy atom. The molecule has 1 aromatic carbocycles. The van der Waals surface area contributed by atoms with Crippen LogP contribution in [0, 0.1) is 5.92 Å². The Balaban J connectivity index is 1.77. The van der Waals surface area contributed by atoms with Gasteiger partial charge in [0.15, 0.2) is 0 Å². The van der Waals surface area contributed by atoms with Gasteiger partial charge in [-0.05, 0) is 37.0 Å². The molecule has 1 aliphatic rings. The molecule has 134 valence electrons. The number of hydrogen-bond donors (Lipinski definition) is 1. The summed E-state index contributed by atoms with van der Waals surface area (Å²) in [5, 5.41) is 8.24. The molecule has 5 nitrogen and oxygen atoms in total. The summed E-state index contributed by atoms with van der Waals surface area (Å²) in [6.45, 7) is 3.86. The van der Waals surface area contributed by atoms with Gasteiger partial charge >= 0.3 is 0 Å². The maximum Gasteiger partial charge on any atom is 0.254 e. The molecule has 26 heavy (non-hydrogen) atoms. The average Bonchev–Trinajstić information content (AvgIpc) is 3.32. The van der Waals surface area contributed by atoms with Gasteiger partial charge in [0.05, 0.1) is 23.0 Å². The van der Waals surface area contributed by atoms with Gasteiger partial charge in [0.2, 0.25) is 0 Å². The third-order valence-electron chi connectivity index (χ3n) is 5.07. The SMILES string of the molecule is CCC[C@H]1CCN(C(=O)c2cc(-c3cn[nH]c3)nc3cc(Cl)ccc23)C1. The van der Waals surface area contributed by atoms with Gasteiger partial charge in [-0.25, -0.2) is 4.98 Å². The predicted octanol–water partition coefficient (Wildman–Crippen LogP) is 4.54. The maximum atomic E-state index is 13.3. The van der Waals surface area contributed by atoms with E-state index < -0.39 is 0 Å². The topological polar surface area (TPSA) is 61.9 Å². The van der Waals surface area contributed by atoms with Crippen molar-refractivity contribution in [3.8, 4) is 11.3 Å². The minimum atomic E-state index is 0.0723. The quantitative estimate of drug-likeness (QED) is 0.735. The Kier molecular flexibility index (Phi) is 4.64. The van der Waals surface area contributed by atoms with Crippen LogP contribution in [0.5, 0.6) is 0 Å². The van der Waals surface area contributed by atoms with Gasteiger partial charge < -0.3 is 4.90 Å². The molecule has 0 unspecified atom stereocenters. The summed E-state index contributed by atoms with van der Waals surface area (Å²) in [5.74, 6) is 0.683.